The second kappa shape index (κ2) is 12.0. The molecule has 3 rings (SSSR count). The molecule has 0 aromatic heterocycles. The first-order chi connectivity index (χ1) is 17.6. The summed E-state index contributed by atoms with van der Waals surface area (Å²) in [5.41, 5.74) is -1.50. The number of ether oxygens (including phenoxy) is 2. The van der Waals surface area contributed by atoms with Gasteiger partial charge in [0.05, 0.1) is 30.9 Å². The molecule has 0 bridgehead atoms. The summed E-state index contributed by atoms with van der Waals surface area (Å²) >= 11 is 0. The fourth-order valence-electron chi connectivity index (χ4n) is 3.38. The zero-order valence-electron chi connectivity index (χ0n) is 19.8. The van der Waals surface area contributed by atoms with E-state index in [0.29, 0.717) is 11.1 Å². The Kier molecular flexibility index (Phi) is 9.09. The quantitative estimate of drug-likeness (QED) is 0.261. The van der Waals surface area contributed by atoms with Gasteiger partial charge in [-0.25, -0.2) is 22.4 Å². The smallest absolute Gasteiger partial charge is 0.344 e. The predicted octanol–water partition coefficient (Wildman–Crippen LogP) is 3.56. The maximum Gasteiger partial charge on any atom is 0.344 e. The van der Waals surface area contributed by atoms with Crippen molar-refractivity contribution >= 4 is 17.3 Å². The third-order valence-corrected chi connectivity index (χ3v) is 5.72. The molecule has 37 heavy (non-hydrogen) atoms. The highest BCUT2D eigenvalue weighted by Gasteiger charge is 2.30. The van der Waals surface area contributed by atoms with Crippen molar-refractivity contribution in [2.45, 2.75) is 0 Å². The van der Waals surface area contributed by atoms with Crippen LogP contribution in [-0.2, 0) is 9.53 Å². The first-order valence-corrected chi connectivity index (χ1v) is 11.0. The van der Waals surface area contributed by atoms with E-state index in [1.54, 1.807) is 6.07 Å². The minimum absolute atomic E-state index is 0.204. The average Bonchev–Trinajstić information content (AvgIpc) is 2.89. The second-order valence-electron chi connectivity index (χ2n) is 8.37. The van der Waals surface area contributed by atoms with Crippen molar-refractivity contribution in [1.82, 2.24) is 0 Å². The number of carbonyl (C=O) groups is 1. The molecule has 0 saturated carbocycles. The molecule has 0 radical (unpaired) electrons. The van der Waals surface area contributed by atoms with Crippen LogP contribution in [0.3, 0.4) is 0 Å². The van der Waals surface area contributed by atoms with Gasteiger partial charge >= 0.3 is 5.97 Å². The maximum absolute atomic E-state index is 15.2. The number of nitrogens with zero attached hydrogens (tertiary/aromatic N) is 1. The van der Waals surface area contributed by atoms with Crippen LogP contribution in [0.1, 0.15) is 0 Å². The van der Waals surface area contributed by atoms with Crippen LogP contribution in [0.15, 0.2) is 54.6 Å². The van der Waals surface area contributed by atoms with E-state index in [9.17, 15) is 33.3 Å². The van der Waals surface area contributed by atoms with Crippen molar-refractivity contribution < 1.29 is 47.1 Å². The lowest BCUT2D eigenvalue weighted by Crippen LogP contribution is -2.40. The number of anilines is 2. The van der Waals surface area contributed by atoms with Crippen molar-refractivity contribution in [3.05, 3.63) is 77.9 Å². The summed E-state index contributed by atoms with van der Waals surface area (Å²) in [7, 11) is 1.23. The summed E-state index contributed by atoms with van der Waals surface area (Å²) in [6.45, 7) is -3.32. The molecule has 0 saturated heterocycles. The second-order valence-corrected chi connectivity index (χ2v) is 8.37. The van der Waals surface area contributed by atoms with E-state index in [2.05, 4.69) is 0 Å². The highest BCUT2D eigenvalue weighted by Crippen LogP contribution is 2.37. The number of hydrogen-bond donors (Lipinski definition) is 3. The SMILES string of the molecule is CN(c1cc(-c2cccc(F)c2)ccc1F)c1c(F)ccc(OCC(=O)OCC(CO)(CO)CO)c1F. The molecule has 0 aliphatic heterocycles. The van der Waals surface area contributed by atoms with Gasteiger partial charge in [-0.15, -0.1) is 0 Å². The Morgan fingerprint density at radius 2 is 1.54 bits per heavy atom. The number of esters is 1. The number of aliphatic hydroxyl groups excluding tert-OH is 3. The van der Waals surface area contributed by atoms with Gasteiger partial charge in [0.1, 0.15) is 29.7 Å². The average molecular weight is 523 g/mol. The van der Waals surface area contributed by atoms with Gasteiger partial charge in [0, 0.05) is 7.05 Å². The fraction of sp³-hybridized carbons (Fsp3) is 0.269. The van der Waals surface area contributed by atoms with Crippen molar-refractivity contribution in [3.8, 4) is 16.9 Å². The number of rotatable bonds is 11. The van der Waals surface area contributed by atoms with Crippen LogP contribution >= 0.6 is 0 Å². The zero-order chi connectivity index (χ0) is 27.2. The van der Waals surface area contributed by atoms with E-state index in [0.717, 1.165) is 23.1 Å². The standard InChI is InChI=1S/C26H25F4NO6/c1-31(21-10-17(5-6-19(21)28)16-3-2-4-18(27)9-16)25-20(29)7-8-22(24(25)30)36-11-23(35)37-15-26(12-32,13-33)14-34/h2-10,32-34H,11-15H2,1H3. The lowest BCUT2D eigenvalue weighted by Gasteiger charge is -2.26. The highest BCUT2D eigenvalue weighted by atomic mass is 19.1. The Morgan fingerprint density at radius 3 is 2.19 bits per heavy atom. The lowest BCUT2D eigenvalue weighted by atomic mass is 9.93. The molecule has 0 aliphatic carbocycles. The fourth-order valence-corrected chi connectivity index (χ4v) is 3.38. The molecule has 0 fully saturated rings. The van der Waals surface area contributed by atoms with Gasteiger partial charge in [-0.2, -0.15) is 0 Å². The molecule has 0 spiro atoms. The Balaban J connectivity index is 1.81. The van der Waals surface area contributed by atoms with E-state index in [1.807, 2.05) is 0 Å². The van der Waals surface area contributed by atoms with Crippen molar-refractivity contribution in [1.29, 1.82) is 0 Å². The van der Waals surface area contributed by atoms with E-state index in [4.69, 9.17) is 9.47 Å². The molecule has 0 unspecified atom stereocenters. The van der Waals surface area contributed by atoms with Crippen molar-refractivity contribution in [2.24, 2.45) is 5.41 Å². The molecule has 3 N–H and O–H groups in total. The lowest BCUT2D eigenvalue weighted by molar-refractivity contribution is -0.153. The summed E-state index contributed by atoms with van der Waals surface area (Å²) in [5, 5.41) is 27.8. The van der Waals surface area contributed by atoms with Crippen LogP contribution in [0.5, 0.6) is 5.75 Å². The third-order valence-electron chi connectivity index (χ3n) is 5.72. The Bertz CT molecular complexity index is 1240. The normalized spacial score (nSPS) is 11.4. The summed E-state index contributed by atoms with van der Waals surface area (Å²) in [6, 6.07) is 11.2. The number of aliphatic hydroxyl groups is 3. The van der Waals surface area contributed by atoms with Gasteiger partial charge in [-0.05, 0) is 47.5 Å². The van der Waals surface area contributed by atoms with Gasteiger partial charge in [-0.1, -0.05) is 18.2 Å². The van der Waals surface area contributed by atoms with Crippen LogP contribution in [0.2, 0.25) is 0 Å². The zero-order valence-corrected chi connectivity index (χ0v) is 19.8. The van der Waals surface area contributed by atoms with Gasteiger partial charge < -0.3 is 29.7 Å². The topological polar surface area (TPSA) is 99.5 Å². The van der Waals surface area contributed by atoms with Crippen LogP contribution in [0.25, 0.3) is 11.1 Å². The van der Waals surface area contributed by atoms with Crippen LogP contribution in [0.4, 0.5) is 28.9 Å². The van der Waals surface area contributed by atoms with E-state index >= 15 is 4.39 Å². The Hall–Kier alpha value is -3.67. The molecular formula is C26H25F4NO6. The Labute approximate surface area is 210 Å². The van der Waals surface area contributed by atoms with E-state index < -0.39 is 79.1 Å². The van der Waals surface area contributed by atoms with Crippen LogP contribution < -0.4 is 9.64 Å². The Morgan fingerprint density at radius 1 is 0.892 bits per heavy atom. The monoisotopic (exact) mass is 523 g/mol. The van der Waals surface area contributed by atoms with Gasteiger partial charge in [0.2, 0.25) is 0 Å². The van der Waals surface area contributed by atoms with Crippen LogP contribution in [0, 0.1) is 28.7 Å². The molecule has 3 aromatic carbocycles. The summed E-state index contributed by atoms with van der Waals surface area (Å²) in [6.07, 6.45) is 0. The molecule has 7 nitrogen and oxygen atoms in total. The van der Waals surface area contributed by atoms with Gasteiger partial charge in [0.25, 0.3) is 0 Å². The predicted molar refractivity (Wildman–Crippen MR) is 126 cm³/mol. The minimum atomic E-state index is -1.46. The molecular weight excluding hydrogens is 498 g/mol. The maximum atomic E-state index is 15.2. The molecule has 3 aromatic rings. The van der Waals surface area contributed by atoms with Gasteiger partial charge in [-0.3, -0.25) is 0 Å². The molecule has 11 heteroatoms. The van der Waals surface area contributed by atoms with Crippen molar-refractivity contribution in [3.63, 3.8) is 0 Å². The summed E-state index contributed by atoms with van der Waals surface area (Å²) < 4.78 is 68.2. The summed E-state index contributed by atoms with van der Waals surface area (Å²) in [5.74, 6) is -5.10. The number of carbonyl (C=O) groups excluding carboxylic acids is 1. The third kappa shape index (κ3) is 6.37. The van der Waals surface area contributed by atoms with Crippen LogP contribution in [-0.4, -0.2) is 61.4 Å². The van der Waals surface area contributed by atoms with Crippen molar-refractivity contribution in [2.75, 3.05) is 45.0 Å². The molecule has 198 valence electrons. The van der Waals surface area contributed by atoms with E-state index in [1.165, 1.54) is 37.4 Å². The number of benzene rings is 3. The molecule has 0 heterocycles. The number of halogens is 4. The highest BCUT2D eigenvalue weighted by molar-refractivity contribution is 5.74. The minimum Gasteiger partial charge on any atom is -0.479 e. The summed E-state index contributed by atoms with van der Waals surface area (Å²) in [4.78, 5) is 12.9. The number of hydrogen-bond acceptors (Lipinski definition) is 7. The molecule has 0 aliphatic rings. The molecule has 0 amide bonds. The van der Waals surface area contributed by atoms with E-state index in [-0.39, 0.29) is 5.69 Å². The molecule has 0 atom stereocenters. The first kappa shape index (κ1) is 27.9. The van der Waals surface area contributed by atoms with Gasteiger partial charge in [0.15, 0.2) is 18.2 Å². The first-order valence-electron chi connectivity index (χ1n) is 11.0. The largest absolute Gasteiger partial charge is 0.479 e.